The summed E-state index contributed by atoms with van der Waals surface area (Å²) < 4.78 is 1.63. The number of nitrogens with zero attached hydrogens (tertiary/aromatic N) is 4. The third-order valence-electron chi connectivity index (χ3n) is 4.54. The maximum atomic E-state index is 12.7. The number of nitrogens with one attached hydrogen (secondary N) is 1. The Labute approximate surface area is 134 Å². The molecule has 2 aromatic heterocycles. The molecule has 6 heteroatoms. The molecule has 3 aromatic rings. The van der Waals surface area contributed by atoms with E-state index >= 15 is 0 Å². The zero-order chi connectivity index (χ0) is 15.8. The first-order chi connectivity index (χ1) is 11.2. The van der Waals surface area contributed by atoms with Crippen molar-refractivity contribution in [3.05, 3.63) is 48.0 Å². The normalized spacial score (nSPS) is 18.5. The van der Waals surface area contributed by atoms with Gasteiger partial charge in [-0.1, -0.05) is 12.1 Å². The number of aromatic amines is 1. The molecule has 0 saturated carbocycles. The number of likely N-dealkylation sites (tertiary alicyclic amines) is 1. The largest absolute Gasteiger partial charge is 0.342 e. The van der Waals surface area contributed by atoms with Crippen molar-refractivity contribution in [3.63, 3.8) is 0 Å². The van der Waals surface area contributed by atoms with Crippen LogP contribution in [0.5, 0.6) is 0 Å². The average Bonchev–Trinajstić information content (AvgIpc) is 3.20. The molecule has 1 amide bonds. The number of hydrogen-bond donors (Lipinski definition) is 1. The second-order valence-electron chi connectivity index (χ2n) is 6.07. The van der Waals surface area contributed by atoms with Gasteiger partial charge in [0.2, 0.25) is 0 Å². The first-order valence-electron chi connectivity index (χ1n) is 7.94. The molecule has 1 atom stereocenters. The van der Waals surface area contributed by atoms with Gasteiger partial charge in [0.05, 0.1) is 11.0 Å². The van der Waals surface area contributed by atoms with Crippen molar-refractivity contribution in [2.75, 3.05) is 13.1 Å². The van der Waals surface area contributed by atoms with Crippen LogP contribution in [0.3, 0.4) is 0 Å². The molecule has 0 radical (unpaired) electrons. The number of amides is 1. The second kappa shape index (κ2) is 5.53. The van der Waals surface area contributed by atoms with Crippen LogP contribution < -0.4 is 0 Å². The molecule has 4 rings (SSSR count). The van der Waals surface area contributed by atoms with Crippen LogP contribution in [-0.2, 0) is 7.05 Å². The SMILES string of the molecule is Cn1nccc1C(=O)N1CCC[C@H](c2nc3ccccc3[nH]2)C1. The van der Waals surface area contributed by atoms with Crippen LogP contribution in [0.1, 0.15) is 35.1 Å². The molecular weight excluding hydrogens is 290 g/mol. The molecule has 1 fully saturated rings. The molecule has 118 valence electrons. The predicted molar refractivity (Wildman–Crippen MR) is 87.2 cm³/mol. The monoisotopic (exact) mass is 309 g/mol. The third kappa shape index (κ3) is 2.50. The lowest BCUT2D eigenvalue weighted by Gasteiger charge is -2.31. The van der Waals surface area contributed by atoms with E-state index in [9.17, 15) is 4.79 Å². The Bertz CT molecular complexity index is 816. The number of imidazole rings is 1. The first-order valence-corrected chi connectivity index (χ1v) is 7.94. The summed E-state index contributed by atoms with van der Waals surface area (Å²) in [6, 6.07) is 9.81. The summed E-state index contributed by atoms with van der Waals surface area (Å²) in [5, 5.41) is 4.09. The highest BCUT2D eigenvalue weighted by atomic mass is 16.2. The number of rotatable bonds is 2. The minimum atomic E-state index is 0.0470. The quantitative estimate of drug-likeness (QED) is 0.790. The van der Waals surface area contributed by atoms with Gasteiger partial charge < -0.3 is 9.88 Å². The van der Waals surface area contributed by atoms with Crippen molar-refractivity contribution >= 4 is 16.9 Å². The molecular formula is C17H19N5O. The van der Waals surface area contributed by atoms with Crippen molar-refractivity contribution in [2.45, 2.75) is 18.8 Å². The number of carbonyl (C=O) groups excluding carboxylic acids is 1. The van der Waals surface area contributed by atoms with Crippen LogP contribution in [0, 0.1) is 0 Å². The van der Waals surface area contributed by atoms with Crippen molar-refractivity contribution in [1.29, 1.82) is 0 Å². The van der Waals surface area contributed by atoms with Crippen molar-refractivity contribution in [2.24, 2.45) is 7.05 Å². The van der Waals surface area contributed by atoms with E-state index in [2.05, 4.69) is 10.1 Å². The van der Waals surface area contributed by atoms with Gasteiger partial charge in [0, 0.05) is 32.3 Å². The predicted octanol–water partition coefficient (Wildman–Crippen LogP) is 2.32. The summed E-state index contributed by atoms with van der Waals surface area (Å²) in [6.45, 7) is 1.49. The molecule has 23 heavy (non-hydrogen) atoms. The summed E-state index contributed by atoms with van der Waals surface area (Å²) in [5.74, 6) is 1.29. The number of hydrogen-bond acceptors (Lipinski definition) is 3. The van der Waals surface area contributed by atoms with Crippen LogP contribution >= 0.6 is 0 Å². The van der Waals surface area contributed by atoms with E-state index in [-0.39, 0.29) is 11.8 Å². The summed E-state index contributed by atoms with van der Waals surface area (Å²) in [5.41, 5.74) is 2.67. The van der Waals surface area contributed by atoms with Gasteiger partial charge in [-0.05, 0) is 31.0 Å². The molecule has 6 nitrogen and oxygen atoms in total. The number of para-hydroxylation sites is 2. The molecule has 1 saturated heterocycles. The smallest absolute Gasteiger partial charge is 0.272 e. The fraction of sp³-hybridized carbons (Fsp3) is 0.353. The molecule has 3 heterocycles. The topological polar surface area (TPSA) is 66.8 Å². The van der Waals surface area contributed by atoms with Gasteiger partial charge in [0.25, 0.3) is 5.91 Å². The van der Waals surface area contributed by atoms with E-state index in [1.807, 2.05) is 29.2 Å². The summed E-state index contributed by atoms with van der Waals surface area (Å²) in [6.07, 6.45) is 3.70. The van der Waals surface area contributed by atoms with E-state index < -0.39 is 0 Å². The Hall–Kier alpha value is -2.63. The van der Waals surface area contributed by atoms with E-state index in [0.717, 1.165) is 36.2 Å². The van der Waals surface area contributed by atoms with Crippen molar-refractivity contribution in [3.8, 4) is 0 Å². The minimum absolute atomic E-state index is 0.0470. The number of aromatic nitrogens is 4. The van der Waals surface area contributed by atoms with Crippen molar-refractivity contribution in [1.82, 2.24) is 24.6 Å². The van der Waals surface area contributed by atoms with Crippen LogP contribution in [0.2, 0.25) is 0 Å². The number of fused-ring (bicyclic) bond motifs is 1. The van der Waals surface area contributed by atoms with E-state index in [0.29, 0.717) is 12.2 Å². The van der Waals surface area contributed by atoms with E-state index in [4.69, 9.17) is 4.98 Å². The third-order valence-corrected chi connectivity index (χ3v) is 4.54. The van der Waals surface area contributed by atoms with Crippen LogP contribution in [0.25, 0.3) is 11.0 Å². The zero-order valence-electron chi connectivity index (χ0n) is 13.1. The number of H-pyrrole nitrogens is 1. The van der Waals surface area contributed by atoms with Gasteiger partial charge >= 0.3 is 0 Å². The van der Waals surface area contributed by atoms with Gasteiger partial charge in [0.1, 0.15) is 11.5 Å². The highest BCUT2D eigenvalue weighted by molar-refractivity contribution is 5.92. The first kappa shape index (κ1) is 14.0. The lowest BCUT2D eigenvalue weighted by molar-refractivity contribution is 0.0693. The van der Waals surface area contributed by atoms with Crippen LogP contribution in [-0.4, -0.2) is 43.6 Å². The Morgan fingerprint density at radius 3 is 2.96 bits per heavy atom. The van der Waals surface area contributed by atoms with E-state index in [1.54, 1.807) is 24.0 Å². The summed E-state index contributed by atoms with van der Waals surface area (Å²) in [4.78, 5) is 22.7. The number of aryl methyl sites for hydroxylation is 1. The number of piperidine rings is 1. The highest BCUT2D eigenvalue weighted by Crippen LogP contribution is 2.27. The Morgan fingerprint density at radius 1 is 1.30 bits per heavy atom. The van der Waals surface area contributed by atoms with Gasteiger partial charge in [-0.3, -0.25) is 9.48 Å². The molecule has 0 unspecified atom stereocenters. The lowest BCUT2D eigenvalue weighted by Crippen LogP contribution is -2.40. The maximum Gasteiger partial charge on any atom is 0.272 e. The van der Waals surface area contributed by atoms with Gasteiger partial charge in [-0.15, -0.1) is 0 Å². The Kier molecular flexibility index (Phi) is 3.37. The second-order valence-corrected chi connectivity index (χ2v) is 6.07. The van der Waals surface area contributed by atoms with Crippen LogP contribution in [0.4, 0.5) is 0 Å². The molecule has 0 spiro atoms. The van der Waals surface area contributed by atoms with Crippen molar-refractivity contribution < 1.29 is 4.79 Å². The molecule has 0 bridgehead atoms. The molecule has 1 N–H and O–H groups in total. The standard InChI is InChI=1S/C17H19N5O/c1-21-15(8-9-18-21)17(23)22-10-4-5-12(11-22)16-19-13-6-2-3-7-14(13)20-16/h2-3,6-9,12H,4-5,10-11H2,1H3,(H,19,20)/t12-/m0/s1. The molecule has 1 aliphatic rings. The fourth-order valence-corrected chi connectivity index (χ4v) is 3.30. The highest BCUT2D eigenvalue weighted by Gasteiger charge is 2.28. The summed E-state index contributed by atoms with van der Waals surface area (Å²) >= 11 is 0. The zero-order valence-corrected chi connectivity index (χ0v) is 13.1. The van der Waals surface area contributed by atoms with Crippen LogP contribution in [0.15, 0.2) is 36.5 Å². The fourth-order valence-electron chi connectivity index (χ4n) is 3.30. The van der Waals surface area contributed by atoms with Gasteiger partial charge in [0.15, 0.2) is 0 Å². The van der Waals surface area contributed by atoms with Gasteiger partial charge in [-0.25, -0.2) is 4.98 Å². The van der Waals surface area contributed by atoms with Gasteiger partial charge in [-0.2, -0.15) is 5.10 Å². The molecule has 1 aromatic carbocycles. The minimum Gasteiger partial charge on any atom is -0.342 e. The average molecular weight is 309 g/mol. The van der Waals surface area contributed by atoms with E-state index in [1.165, 1.54) is 0 Å². The Balaban J connectivity index is 1.57. The Morgan fingerprint density at radius 2 is 2.17 bits per heavy atom. The number of benzene rings is 1. The maximum absolute atomic E-state index is 12.7. The molecule has 0 aliphatic carbocycles. The lowest BCUT2D eigenvalue weighted by atomic mass is 9.97. The number of carbonyl (C=O) groups is 1. The molecule has 1 aliphatic heterocycles. The summed E-state index contributed by atoms with van der Waals surface area (Å²) in [7, 11) is 1.80.